The van der Waals surface area contributed by atoms with Gasteiger partial charge in [-0.25, -0.2) is 4.79 Å². The topological polar surface area (TPSA) is 75.3 Å². The van der Waals surface area contributed by atoms with Gasteiger partial charge in [-0.2, -0.15) is 5.10 Å². The molecule has 1 heterocycles. The Hall–Kier alpha value is -2.11. The Kier molecular flexibility index (Phi) is 4.68. The second-order valence-corrected chi connectivity index (χ2v) is 5.63. The predicted octanol–water partition coefficient (Wildman–Crippen LogP) is 3.05. The van der Waals surface area contributed by atoms with Crippen LogP contribution in [0.4, 0.5) is 0 Å². The van der Waals surface area contributed by atoms with Crippen molar-refractivity contribution in [2.45, 2.75) is 13.0 Å². The fourth-order valence-corrected chi connectivity index (χ4v) is 2.42. The van der Waals surface area contributed by atoms with Gasteiger partial charge >= 0.3 is 5.97 Å². The highest BCUT2D eigenvalue weighted by atomic mass is 35.5. The summed E-state index contributed by atoms with van der Waals surface area (Å²) in [7, 11) is 1.79. The van der Waals surface area contributed by atoms with Crippen molar-refractivity contribution >= 4 is 17.6 Å². The molecule has 6 heteroatoms. The highest BCUT2D eigenvalue weighted by Crippen LogP contribution is 2.35. The van der Waals surface area contributed by atoms with Gasteiger partial charge in [0, 0.05) is 35.3 Å². The Morgan fingerprint density at radius 2 is 2.14 bits per heavy atom. The number of nitrogens with zero attached hydrogens (tertiary/aromatic N) is 2. The molecule has 0 aliphatic rings. The van der Waals surface area contributed by atoms with Crippen LogP contribution >= 0.6 is 11.6 Å². The van der Waals surface area contributed by atoms with Crippen molar-refractivity contribution in [2.24, 2.45) is 13.0 Å². The van der Waals surface area contributed by atoms with E-state index in [1.807, 2.05) is 0 Å². The minimum absolute atomic E-state index is 0.0420. The number of aryl methyl sites for hydroxylation is 1. The van der Waals surface area contributed by atoms with E-state index in [0.29, 0.717) is 10.6 Å². The number of carboxylic acids is 1. The third-order valence-corrected chi connectivity index (χ3v) is 3.88. The lowest BCUT2D eigenvalue weighted by molar-refractivity contribution is -0.133. The van der Waals surface area contributed by atoms with E-state index in [1.165, 1.54) is 0 Å². The van der Waals surface area contributed by atoms with Crippen LogP contribution in [0.2, 0.25) is 5.02 Å². The number of rotatable bonds is 5. The van der Waals surface area contributed by atoms with Gasteiger partial charge in [0.2, 0.25) is 0 Å². The Balaban J connectivity index is 2.47. The summed E-state index contributed by atoms with van der Waals surface area (Å²) in [5.74, 6) is -1.75. The molecule has 0 saturated heterocycles. The van der Waals surface area contributed by atoms with Gasteiger partial charge in [-0.3, -0.25) is 4.68 Å². The fraction of sp³-hybridized carbons (Fsp3) is 0.250. The molecule has 0 aliphatic carbocycles. The highest BCUT2D eigenvalue weighted by molar-refractivity contribution is 6.30. The van der Waals surface area contributed by atoms with Crippen molar-refractivity contribution < 1.29 is 15.0 Å². The monoisotopic (exact) mass is 320 g/mol. The third-order valence-electron chi connectivity index (χ3n) is 3.65. The molecule has 5 nitrogen and oxygen atoms in total. The second kappa shape index (κ2) is 6.34. The van der Waals surface area contributed by atoms with Gasteiger partial charge in [0.05, 0.1) is 12.3 Å². The van der Waals surface area contributed by atoms with Crippen LogP contribution in [-0.4, -0.2) is 26.0 Å². The number of hydrogen-bond donors (Lipinski definition) is 2. The van der Waals surface area contributed by atoms with E-state index in [1.54, 1.807) is 49.2 Å². The van der Waals surface area contributed by atoms with Crippen LogP contribution < -0.4 is 0 Å². The molecular formula is C16H17ClN2O3. The SMILES string of the molecule is C=C(C(=O)O)C(C)C(O)c1ccc(Cl)cc1-c1cnn(C)c1. The standard InChI is InChI=1S/C16H17ClN2O3/c1-9(10(2)16(21)22)15(20)13-5-4-12(17)6-14(13)11-7-18-19(3)8-11/h4-9,15,20H,2H2,1,3H3,(H,21,22). The smallest absolute Gasteiger partial charge is 0.331 e. The van der Waals surface area contributed by atoms with E-state index in [2.05, 4.69) is 11.7 Å². The zero-order valence-electron chi connectivity index (χ0n) is 12.3. The van der Waals surface area contributed by atoms with Crippen LogP contribution in [0.5, 0.6) is 0 Å². The van der Waals surface area contributed by atoms with Crippen molar-refractivity contribution in [3.05, 3.63) is 53.3 Å². The summed E-state index contributed by atoms with van der Waals surface area (Å²) in [5, 5.41) is 24.2. The first-order valence-corrected chi connectivity index (χ1v) is 7.07. The molecule has 0 radical (unpaired) electrons. The van der Waals surface area contributed by atoms with E-state index >= 15 is 0 Å². The summed E-state index contributed by atoms with van der Waals surface area (Å²) in [4.78, 5) is 11.0. The van der Waals surface area contributed by atoms with E-state index in [4.69, 9.17) is 16.7 Å². The average Bonchev–Trinajstić information content (AvgIpc) is 2.91. The number of carbonyl (C=O) groups is 1. The summed E-state index contributed by atoms with van der Waals surface area (Å²) in [6.45, 7) is 5.15. The fourth-order valence-electron chi connectivity index (χ4n) is 2.25. The third kappa shape index (κ3) is 3.21. The molecule has 1 aromatic carbocycles. The van der Waals surface area contributed by atoms with Gasteiger partial charge < -0.3 is 10.2 Å². The van der Waals surface area contributed by atoms with Crippen molar-refractivity contribution in [1.29, 1.82) is 0 Å². The van der Waals surface area contributed by atoms with Gasteiger partial charge in [-0.15, -0.1) is 0 Å². The Morgan fingerprint density at radius 3 is 2.68 bits per heavy atom. The normalized spacial score (nSPS) is 13.6. The summed E-state index contributed by atoms with van der Waals surface area (Å²) in [6, 6.07) is 5.09. The van der Waals surface area contributed by atoms with Crippen LogP contribution in [-0.2, 0) is 11.8 Å². The van der Waals surface area contributed by atoms with E-state index in [9.17, 15) is 9.90 Å². The second-order valence-electron chi connectivity index (χ2n) is 5.20. The first-order valence-electron chi connectivity index (χ1n) is 6.70. The van der Waals surface area contributed by atoms with Gasteiger partial charge in [-0.05, 0) is 23.3 Å². The summed E-state index contributed by atoms with van der Waals surface area (Å²) in [5.41, 5.74) is 2.07. The van der Waals surface area contributed by atoms with Crippen LogP contribution in [0, 0.1) is 5.92 Å². The number of aliphatic hydroxyl groups excluding tert-OH is 1. The van der Waals surface area contributed by atoms with E-state index in [0.717, 1.165) is 11.1 Å². The van der Waals surface area contributed by atoms with Crippen molar-refractivity contribution in [3.63, 3.8) is 0 Å². The number of hydrogen-bond acceptors (Lipinski definition) is 3. The molecule has 2 atom stereocenters. The lowest BCUT2D eigenvalue weighted by Gasteiger charge is -2.21. The molecular weight excluding hydrogens is 304 g/mol. The summed E-state index contributed by atoms with van der Waals surface area (Å²) in [6.07, 6.45) is 2.47. The predicted molar refractivity (Wildman–Crippen MR) is 84.6 cm³/mol. The zero-order valence-corrected chi connectivity index (χ0v) is 13.1. The Morgan fingerprint density at radius 1 is 1.45 bits per heavy atom. The first-order chi connectivity index (χ1) is 10.3. The first kappa shape index (κ1) is 16.3. The van der Waals surface area contributed by atoms with Crippen LogP contribution in [0.15, 0.2) is 42.7 Å². The largest absolute Gasteiger partial charge is 0.478 e. The molecule has 0 bridgehead atoms. The van der Waals surface area contributed by atoms with Crippen molar-refractivity contribution in [3.8, 4) is 11.1 Å². The molecule has 0 fully saturated rings. The van der Waals surface area contributed by atoms with Crippen LogP contribution in [0.25, 0.3) is 11.1 Å². The molecule has 2 unspecified atom stereocenters. The zero-order chi connectivity index (χ0) is 16.4. The van der Waals surface area contributed by atoms with Crippen molar-refractivity contribution in [1.82, 2.24) is 9.78 Å². The van der Waals surface area contributed by atoms with E-state index in [-0.39, 0.29) is 5.57 Å². The number of aliphatic carboxylic acids is 1. The van der Waals surface area contributed by atoms with Gasteiger partial charge in [0.1, 0.15) is 0 Å². The highest BCUT2D eigenvalue weighted by Gasteiger charge is 2.25. The van der Waals surface area contributed by atoms with Gasteiger partial charge in [-0.1, -0.05) is 31.2 Å². The van der Waals surface area contributed by atoms with Gasteiger partial charge in [0.15, 0.2) is 0 Å². The summed E-state index contributed by atoms with van der Waals surface area (Å²) < 4.78 is 1.64. The van der Waals surface area contributed by atoms with Crippen molar-refractivity contribution in [2.75, 3.05) is 0 Å². The minimum atomic E-state index is -1.12. The maximum atomic E-state index is 11.0. The Labute approximate surface area is 133 Å². The lowest BCUT2D eigenvalue weighted by Crippen LogP contribution is -2.17. The lowest BCUT2D eigenvalue weighted by atomic mass is 9.87. The molecule has 116 valence electrons. The van der Waals surface area contributed by atoms with Crippen LogP contribution in [0.3, 0.4) is 0 Å². The Bertz CT molecular complexity index is 724. The van der Waals surface area contributed by atoms with Crippen LogP contribution in [0.1, 0.15) is 18.6 Å². The molecule has 2 aromatic rings. The minimum Gasteiger partial charge on any atom is -0.478 e. The molecule has 0 amide bonds. The molecule has 2 rings (SSSR count). The molecule has 2 N–H and O–H groups in total. The average molecular weight is 321 g/mol. The maximum Gasteiger partial charge on any atom is 0.331 e. The number of carboxylic acid groups (broad SMARTS) is 1. The number of halogens is 1. The summed E-state index contributed by atoms with van der Waals surface area (Å²) >= 11 is 6.05. The molecule has 1 aromatic heterocycles. The molecule has 22 heavy (non-hydrogen) atoms. The number of aromatic nitrogens is 2. The molecule has 0 aliphatic heterocycles. The molecule has 0 spiro atoms. The maximum absolute atomic E-state index is 11.0. The molecule has 0 saturated carbocycles. The number of benzene rings is 1. The number of aliphatic hydroxyl groups is 1. The van der Waals surface area contributed by atoms with E-state index < -0.39 is 18.0 Å². The van der Waals surface area contributed by atoms with Gasteiger partial charge in [0.25, 0.3) is 0 Å². The quantitative estimate of drug-likeness (QED) is 0.830.